The summed E-state index contributed by atoms with van der Waals surface area (Å²) >= 11 is 0. The van der Waals surface area contributed by atoms with Gasteiger partial charge in [0, 0.05) is 62.8 Å². The van der Waals surface area contributed by atoms with Gasteiger partial charge < -0.3 is 29.1 Å². The zero-order chi connectivity index (χ0) is 27.9. The quantitative estimate of drug-likeness (QED) is 0.533. The van der Waals surface area contributed by atoms with E-state index in [1.165, 1.54) is 6.20 Å². The number of carbonyl (C=O) groups excluding carboxylic acids is 2. The van der Waals surface area contributed by atoms with E-state index in [2.05, 4.69) is 10.5 Å². The molecule has 3 unspecified atom stereocenters. The fourth-order valence-corrected chi connectivity index (χ4v) is 5.42. The number of amides is 2. The summed E-state index contributed by atoms with van der Waals surface area (Å²) < 4.78 is 54.0. The summed E-state index contributed by atoms with van der Waals surface area (Å²) in [5.74, 6) is -4.80. The molecule has 39 heavy (non-hydrogen) atoms. The molecule has 1 fully saturated rings. The van der Waals surface area contributed by atoms with Crippen LogP contribution in [-0.4, -0.2) is 65.7 Å². The van der Waals surface area contributed by atoms with Gasteiger partial charge in [-0.25, -0.2) is 13.2 Å². The monoisotopic (exact) mass is 548 g/mol. The zero-order valence-corrected chi connectivity index (χ0v) is 21.3. The van der Waals surface area contributed by atoms with Gasteiger partial charge in [0.15, 0.2) is 11.0 Å². The second-order valence-electron chi connectivity index (χ2n) is 9.97. The van der Waals surface area contributed by atoms with E-state index in [-0.39, 0.29) is 24.4 Å². The maximum Gasteiger partial charge on any atom is 0.272 e. The summed E-state index contributed by atoms with van der Waals surface area (Å²) in [6.45, 7) is 1.91. The number of benzene rings is 1. The number of halogens is 3. The summed E-state index contributed by atoms with van der Waals surface area (Å²) in [5.41, 5.74) is -3.47. The number of hydrogen-bond acceptors (Lipinski definition) is 7. The summed E-state index contributed by atoms with van der Waals surface area (Å²) in [5, 5.41) is 6.29. The summed E-state index contributed by atoms with van der Waals surface area (Å²) in [4.78, 5) is 47.1. The Hall–Kier alpha value is -3.71. The largest absolute Gasteiger partial charge is 0.387 e. The van der Waals surface area contributed by atoms with Crippen molar-refractivity contribution in [3.05, 3.63) is 68.9 Å². The number of fused-ring (bicyclic) bond motifs is 5. The van der Waals surface area contributed by atoms with Crippen LogP contribution in [0.1, 0.15) is 58.6 Å². The first-order valence-electron chi connectivity index (χ1n) is 12.4. The van der Waals surface area contributed by atoms with Crippen molar-refractivity contribution >= 4 is 18.0 Å². The lowest BCUT2D eigenvalue weighted by Crippen LogP contribution is -2.57. The summed E-state index contributed by atoms with van der Waals surface area (Å²) in [7, 11) is 1.54. The highest BCUT2D eigenvalue weighted by atomic mass is 19.1. The van der Waals surface area contributed by atoms with Crippen LogP contribution in [0.15, 0.2) is 34.3 Å². The standard InChI is InChI=1S/C26H27F3N4O6/c1-25(38-8-7-37-2)3-4-26(5-6-31-39-26)22-14-33(25)24(36)20-11-21(34)17(13-32(20)22)23(35)30-12-16-18(28)9-15(27)10-19(16)29/h6,9-11,13,22H,3-5,7-8,12,14H2,1-2H3,(H,30,35). The summed E-state index contributed by atoms with van der Waals surface area (Å²) in [6, 6.07) is 1.54. The van der Waals surface area contributed by atoms with E-state index in [0.29, 0.717) is 38.0 Å². The Kier molecular flexibility index (Phi) is 6.97. The number of pyridine rings is 1. The second-order valence-corrected chi connectivity index (χ2v) is 9.97. The van der Waals surface area contributed by atoms with E-state index in [1.54, 1.807) is 29.7 Å². The van der Waals surface area contributed by atoms with Gasteiger partial charge in [0.1, 0.15) is 34.4 Å². The molecule has 2 amide bonds. The number of rotatable bonds is 7. The Morgan fingerprint density at radius 3 is 2.59 bits per heavy atom. The van der Waals surface area contributed by atoms with Crippen molar-refractivity contribution in [2.75, 3.05) is 26.9 Å². The lowest BCUT2D eigenvalue weighted by molar-refractivity contribution is -0.138. The molecule has 1 N–H and O–H groups in total. The molecule has 0 saturated carbocycles. The molecular formula is C26H27F3N4O6. The number of carbonyl (C=O) groups is 2. The van der Waals surface area contributed by atoms with Crippen LogP contribution in [0.4, 0.5) is 13.2 Å². The van der Waals surface area contributed by atoms with Crippen molar-refractivity contribution in [2.45, 2.75) is 50.1 Å². The molecule has 3 atom stereocenters. The van der Waals surface area contributed by atoms with Crippen LogP contribution in [0.5, 0.6) is 0 Å². The minimum absolute atomic E-state index is 0.0433. The van der Waals surface area contributed by atoms with Gasteiger partial charge in [-0.1, -0.05) is 5.16 Å². The Morgan fingerprint density at radius 1 is 1.18 bits per heavy atom. The molecule has 1 aromatic heterocycles. The van der Waals surface area contributed by atoms with Crippen molar-refractivity contribution in [1.29, 1.82) is 0 Å². The topological polar surface area (TPSA) is 111 Å². The van der Waals surface area contributed by atoms with Gasteiger partial charge in [-0.15, -0.1) is 0 Å². The molecule has 1 saturated heterocycles. The normalized spacial score (nSPS) is 25.4. The fourth-order valence-electron chi connectivity index (χ4n) is 5.42. The van der Waals surface area contributed by atoms with Crippen LogP contribution in [0.25, 0.3) is 0 Å². The molecule has 2 bridgehead atoms. The predicted molar refractivity (Wildman–Crippen MR) is 131 cm³/mol. The molecule has 13 heteroatoms. The summed E-state index contributed by atoms with van der Waals surface area (Å²) in [6.07, 6.45) is 4.22. The molecular weight excluding hydrogens is 521 g/mol. The number of nitrogens with one attached hydrogen (secondary N) is 1. The first-order chi connectivity index (χ1) is 18.6. The van der Waals surface area contributed by atoms with Crippen LogP contribution in [0.3, 0.4) is 0 Å². The number of ether oxygens (including phenoxy) is 2. The SMILES string of the molecule is COCCOC1(C)CCC2(CC=NO2)C2CN1C(=O)c1cc(=O)c(C(=O)NCc3c(F)cc(F)cc3F)cn12. The molecule has 0 aliphatic carbocycles. The van der Waals surface area contributed by atoms with E-state index >= 15 is 0 Å². The molecule has 4 heterocycles. The molecule has 3 aliphatic rings. The van der Waals surface area contributed by atoms with E-state index in [4.69, 9.17) is 14.3 Å². The molecule has 10 nitrogen and oxygen atoms in total. The van der Waals surface area contributed by atoms with Gasteiger partial charge >= 0.3 is 0 Å². The molecule has 1 aromatic carbocycles. The smallest absolute Gasteiger partial charge is 0.272 e. The number of aromatic nitrogens is 1. The predicted octanol–water partition coefficient (Wildman–Crippen LogP) is 2.51. The highest BCUT2D eigenvalue weighted by Gasteiger charge is 2.56. The minimum Gasteiger partial charge on any atom is -0.387 e. The third-order valence-electron chi connectivity index (χ3n) is 7.65. The molecule has 2 aromatic rings. The lowest BCUT2D eigenvalue weighted by Gasteiger charge is -2.45. The average Bonchev–Trinajstić information content (AvgIpc) is 3.33. The highest BCUT2D eigenvalue weighted by Crippen LogP contribution is 2.47. The van der Waals surface area contributed by atoms with Crippen molar-refractivity contribution in [1.82, 2.24) is 14.8 Å². The molecule has 5 rings (SSSR count). The van der Waals surface area contributed by atoms with Gasteiger partial charge in [0.25, 0.3) is 11.8 Å². The second kappa shape index (κ2) is 10.1. The van der Waals surface area contributed by atoms with Crippen molar-refractivity contribution in [3.63, 3.8) is 0 Å². The van der Waals surface area contributed by atoms with Crippen molar-refractivity contribution < 1.29 is 37.1 Å². The van der Waals surface area contributed by atoms with Gasteiger partial charge in [0.2, 0.25) is 0 Å². The van der Waals surface area contributed by atoms with E-state index in [0.717, 1.165) is 6.07 Å². The van der Waals surface area contributed by atoms with E-state index in [1.807, 2.05) is 0 Å². The highest BCUT2D eigenvalue weighted by molar-refractivity contribution is 5.97. The maximum atomic E-state index is 14.0. The van der Waals surface area contributed by atoms with Crippen LogP contribution < -0.4 is 10.7 Å². The fraction of sp³-hybridized carbons (Fsp3) is 0.462. The van der Waals surface area contributed by atoms with Crippen LogP contribution in [-0.2, 0) is 20.9 Å². The third-order valence-corrected chi connectivity index (χ3v) is 7.65. The minimum atomic E-state index is -1.17. The number of nitrogens with zero attached hydrogens (tertiary/aromatic N) is 3. The number of oxime groups is 1. The number of methoxy groups -OCH3 is 1. The first kappa shape index (κ1) is 26.9. The van der Waals surface area contributed by atoms with Gasteiger partial charge in [-0.3, -0.25) is 14.4 Å². The van der Waals surface area contributed by atoms with Gasteiger partial charge in [-0.2, -0.15) is 0 Å². The van der Waals surface area contributed by atoms with E-state index < -0.39 is 64.2 Å². The van der Waals surface area contributed by atoms with Crippen LogP contribution in [0.2, 0.25) is 0 Å². The van der Waals surface area contributed by atoms with Crippen LogP contribution >= 0.6 is 0 Å². The zero-order valence-electron chi connectivity index (χ0n) is 21.3. The number of hydrogen-bond donors (Lipinski definition) is 1. The Labute approximate surface area is 221 Å². The molecule has 1 spiro atoms. The molecule has 0 radical (unpaired) electrons. The first-order valence-corrected chi connectivity index (χ1v) is 12.4. The molecule has 208 valence electrons. The van der Waals surface area contributed by atoms with Crippen molar-refractivity contribution in [3.8, 4) is 0 Å². The van der Waals surface area contributed by atoms with E-state index in [9.17, 15) is 27.6 Å². The lowest BCUT2D eigenvalue weighted by atomic mass is 9.85. The molecule has 3 aliphatic heterocycles. The van der Waals surface area contributed by atoms with Crippen molar-refractivity contribution in [2.24, 2.45) is 5.16 Å². The Morgan fingerprint density at radius 2 is 1.92 bits per heavy atom. The third kappa shape index (κ3) is 4.69. The Balaban J connectivity index is 1.50. The Bertz CT molecular complexity index is 1380. The van der Waals surface area contributed by atoms with Gasteiger partial charge in [0.05, 0.1) is 19.3 Å². The maximum absolute atomic E-state index is 14.0. The average molecular weight is 549 g/mol. The van der Waals surface area contributed by atoms with Gasteiger partial charge in [-0.05, 0) is 19.8 Å². The van der Waals surface area contributed by atoms with Crippen LogP contribution in [0, 0.1) is 17.5 Å².